The van der Waals surface area contributed by atoms with Gasteiger partial charge in [-0.25, -0.2) is 0 Å². The number of rotatable bonds is 8. The fourth-order valence-electron chi connectivity index (χ4n) is 1.86. The summed E-state index contributed by atoms with van der Waals surface area (Å²) in [7, 11) is 1.77. The van der Waals surface area contributed by atoms with Gasteiger partial charge < -0.3 is 10.5 Å². The van der Waals surface area contributed by atoms with E-state index in [-0.39, 0.29) is 5.54 Å². The van der Waals surface area contributed by atoms with Crippen molar-refractivity contribution in [2.45, 2.75) is 51.1 Å². The van der Waals surface area contributed by atoms with Gasteiger partial charge in [0.05, 0.1) is 6.61 Å². The summed E-state index contributed by atoms with van der Waals surface area (Å²) in [6.45, 7) is 7.30. The molecule has 0 spiro atoms. The number of ether oxygens (including phenoxy) is 1. The monoisotopic (exact) mass is 214 g/mol. The molecule has 0 heterocycles. The normalized spacial score (nSPS) is 17.4. The Morgan fingerprint density at radius 1 is 1.33 bits per heavy atom. The fraction of sp³-hybridized carbons (Fsp3) is 1.00. The van der Waals surface area contributed by atoms with Crippen molar-refractivity contribution in [1.29, 1.82) is 0 Å². The quantitative estimate of drug-likeness (QED) is 0.667. The molecule has 0 unspecified atom stereocenters. The molecule has 2 N–H and O–H groups in total. The molecule has 0 aromatic heterocycles. The van der Waals surface area contributed by atoms with Crippen molar-refractivity contribution in [3.05, 3.63) is 0 Å². The van der Waals surface area contributed by atoms with Crippen LogP contribution in [0, 0.1) is 0 Å². The van der Waals surface area contributed by atoms with Crippen LogP contribution in [-0.2, 0) is 4.74 Å². The van der Waals surface area contributed by atoms with Crippen LogP contribution in [0.4, 0.5) is 0 Å². The van der Waals surface area contributed by atoms with E-state index in [2.05, 4.69) is 18.7 Å². The highest BCUT2D eigenvalue weighted by Crippen LogP contribution is 2.27. The average Bonchev–Trinajstić information content (AvgIpc) is 2.92. The van der Waals surface area contributed by atoms with Crippen molar-refractivity contribution in [2.75, 3.05) is 26.8 Å². The predicted octanol–water partition coefficient (Wildman–Crippen LogP) is 1.61. The van der Waals surface area contributed by atoms with Crippen LogP contribution in [0.25, 0.3) is 0 Å². The Kier molecular flexibility index (Phi) is 5.03. The average molecular weight is 214 g/mol. The first-order chi connectivity index (χ1) is 7.03. The number of hydrogen-bond donors (Lipinski definition) is 1. The van der Waals surface area contributed by atoms with Gasteiger partial charge in [-0.1, -0.05) is 0 Å². The maximum Gasteiger partial charge on any atom is 0.0589 e. The summed E-state index contributed by atoms with van der Waals surface area (Å²) in [5.41, 5.74) is 5.95. The molecule has 90 valence electrons. The second-order valence-electron chi connectivity index (χ2n) is 5.35. The SMILES string of the molecule is COCCN(CCCC(C)(C)N)C1CC1. The van der Waals surface area contributed by atoms with Crippen LogP contribution >= 0.6 is 0 Å². The molecule has 1 aliphatic rings. The van der Waals surface area contributed by atoms with E-state index < -0.39 is 0 Å². The molecule has 3 nitrogen and oxygen atoms in total. The number of methoxy groups -OCH3 is 1. The Hall–Kier alpha value is -0.120. The zero-order valence-corrected chi connectivity index (χ0v) is 10.5. The van der Waals surface area contributed by atoms with Gasteiger partial charge in [0, 0.05) is 25.2 Å². The largest absolute Gasteiger partial charge is 0.383 e. The first-order valence-corrected chi connectivity index (χ1v) is 6.05. The third-order valence-electron chi connectivity index (χ3n) is 2.91. The minimum Gasteiger partial charge on any atom is -0.383 e. The van der Waals surface area contributed by atoms with E-state index in [1.165, 1.54) is 25.8 Å². The Labute approximate surface area is 94.0 Å². The minimum absolute atomic E-state index is 0.0174. The van der Waals surface area contributed by atoms with Gasteiger partial charge in [-0.3, -0.25) is 4.90 Å². The summed E-state index contributed by atoms with van der Waals surface area (Å²) >= 11 is 0. The molecule has 0 aromatic rings. The molecule has 0 aliphatic heterocycles. The molecule has 1 rings (SSSR count). The third kappa shape index (κ3) is 6.13. The van der Waals surface area contributed by atoms with Crippen LogP contribution in [0.15, 0.2) is 0 Å². The third-order valence-corrected chi connectivity index (χ3v) is 2.91. The maximum absolute atomic E-state index is 5.97. The van der Waals surface area contributed by atoms with Gasteiger partial charge in [0.15, 0.2) is 0 Å². The first kappa shape index (κ1) is 12.9. The maximum atomic E-state index is 5.97. The summed E-state index contributed by atoms with van der Waals surface area (Å²) in [6.07, 6.45) is 5.04. The second kappa shape index (κ2) is 5.83. The highest BCUT2D eigenvalue weighted by atomic mass is 16.5. The minimum atomic E-state index is -0.0174. The molecule has 0 amide bonds. The first-order valence-electron chi connectivity index (χ1n) is 6.05. The predicted molar refractivity (Wildman–Crippen MR) is 64.0 cm³/mol. The lowest BCUT2D eigenvalue weighted by atomic mass is 10.00. The highest BCUT2D eigenvalue weighted by molar-refractivity contribution is 4.85. The molecular formula is C12H26N2O. The van der Waals surface area contributed by atoms with Crippen molar-refractivity contribution in [3.8, 4) is 0 Å². The van der Waals surface area contributed by atoms with Crippen molar-refractivity contribution >= 4 is 0 Å². The summed E-state index contributed by atoms with van der Waals surface area (Å²) in [5.74, 6) is 0. The zero-order chi connectivity index (χ0) is 11.3. The van der Waals surface area contributed by atoms with Crippen LogP contribution in [0.3, 0.4) is 0 Å². The summed E-state index contributed by atoms with van der Waals surface area (Å²) in [4.78, 5) is 2.55. The van der Waals surface area contributed by atoms with Crippen LogP contribution < -0.4 is 5.73 Å². The van der Waals surface area contributed by atoms with Crippen molar-refractivity contribution in [2.24, 2.45) is 5.73 Å². The van der Waals surface area contributed by atoms with E-state index >= 15 is 0 Å². The smallest absolute Gasteiger partial charge is 0.0589 e. The highest BCUT2D eigenvalue weighted by Gasteiger charge is 2.28. The van der Waals surface area contributed by atoms with Crippen molar-refractivity contribution in [1.82, 2.24) is 4.90 Å². The van der Waals surface area contributed by atoms with Crippen LogP contribution in [0.5, 0.6) is 0 Å². The van der Waals surface area contributed by atoms with Crippen LogP contribution in [0.1, 0.15) is 39.5 Å². The van der Waals surface area contributed by atoms with Gasteiger partial charge in [-0.15, -0.1) is 0 Å². The van der Waals surface area contributed by atoms with Gasteiger partial charge in [-0.2, -0.15) is 0 Å². The number of hydrogen-bond acceptors (Lipinski definition) is 3. The Morgan fingerprint density at radius 3 is 2.47 bits per heavy atom. The van der Waals surface area contributed by atoms with Gasteiger partial charge >= 0.3 is 0 Å². The van der Waals surface area contributed by atoms with E-state index in [0.29, 0.717) is 0 Å². The molecular weight excluding hydrogens is 188 g/mol. The van der Waals surface area contributed by atoms with E-state index in [1.54, 1.807) is 7.11 Å². The van der Waals surface area contributed by atoms with Gasteiger partial charge in [-0.05, 0) is 46.1 Å². The molecule has 0 aromatic carbocycles. The lowest BCUT2D eigenvalue weighted by Gasteiger charge is -2.24. The molecule has 0 bridgehead atoms. The van der Waals surface area contributed by atoms with E-state index in [9.17, 15) is 0 Å². The molecule has 15 heavy (non-hydrogen) atoms. The summed E-state index contributed by atoms with van der Waals surface area (Å²) < 4.78 is 5.13. The molecule has 1 fully saturated rings. The van der Waals surface area contributed by atoms with Gasteiger partial charge in [0.25, 0.3) is 0 Å². The molecule has 0 saturated heterocycles. The van der Waals surface area contributed by atoms with Crippen LogP contribution in [0.2, 0.25) is 0 Å². The number of nitrogens with two attached hydrogens (primary N) is 1. The molecule has 1 aliphatic carbocycles. The molecule has 1 saturated carbocycles. The number of nitrogens with zero attached hydrogens (tertiary/aromatic N) is 1. The summed E-state index contributed by atoms with van der Waals surface area (Å²) in [6, 6.07) is 0.834. The second-order valence-corrected chi connectivity index (χ2v) is 5.35. The Bertz CT molecular complexity index is 173. The van der Waals surface area contributed by atoms with E-state index in [0.717, 1.165) is 25.6 Å². The molecule has 3 heteroatoms. The standard InChI is InChI=1S/C12H26N2O/c1-12(2,13)7-4-8-14(9-10-15-3)11-5-6-11/h11H,4-10,13H2,1-3H3. The zero-order valence-electron chi connectivity index (χ0n) is 10.5. The van der Waals surface area contributed by atoms with Crippen molar-refractivity contribution in [3.63, 3.8) is 0 Å². The van der Waals surface area contributed by atoms with Crippen molar-refractivity contribution < 1.29 is 4.74 Å². The van der Waals surface area contributed by atoms with E-state index in [4.69, 9.17) is 10.5 Å². The topological polar surface area (TPSA) is 38.5 Å². The van der Waals surface area contributed by atoms with E-state index in [1.807, 2.05) is 0 Å². The molecule has 0 atom stereocenters. The Morgan fingerprint density at radius 2 is 2.00 bits per heavy atom. The lowest BCUT2D eigenvalue weighted by Crippen LogP contribution is -2.35. The fourth-order valence-corrected chi connectivity index (χ4v) is 1.86. The summed E-state index contributed by atoms with van der Waals surface area (Å²) in [5, 5.41) is 0. The van der Waals surface area contributed by atoms with Gasteiger partial charge in [0.2, 0.25) is 0 Å². The Balaban J connectivity index is 2.14. The van der Waals surface area contributed by atoms with Gasteiger partial charge in [0.1, 0.15) is 0 Å². The lowest BCUT2D eigenvalue weighted by molar-refractivity contribution is 0.141. The van der Waals surface area contributed by atoms with Crippen LogP contribution in [-0.4, -0.2) is 43.3 Å². The molecule has 0 radical (unpaired) electrons.